The van der Waals surface area contributed by atoms with Crippen LogP contribution < -0.4 is 4.90 Å². The number of aryl methyl sites for hydroxylation is 2. The van der Waals surface area contributed by atoms with Crippen molar-refractivity contribution < 1.29 is 18.0 Å². The molecule has 29 heavy (non-hydrogen) atoms. The maximum absolute atomic E-state index is 13.2. The third-order valence-corrected chi connectivity index (χ3v) is 5.53. The first kappa shape index (κ1) is 21.3. The third kappa shape index (κ3) is 4.76. The summed E-state index contributed by atoms with van der Waals surface area (Å²) in [7, 11) is 3.75. The van der Waals surface area contributed by atoms with Crippen LogP contribution >= 0.6 is 11.3 Å². The zero-order valence-corrected chi connectivity index (χ0v) is 17.5. The molecule has 154 valence electrons. The molecule has 0 atom stereocenters. The molecule has 0 fully saturated rings. The summed E-state index contributed by atoms with van der Waals surface area (Å²) in [6.07, 6.45) is -4.50. The second kappa shape index (κ2) is 8.12. The molecule has 0 saturated heterocycles. The first-order valence-corrected chi connectivity index (χ1v) is 9.89. The number of thiazole rings is 1. The number of hydrogen-bond acceptors (Lipinski definition) is 4. The largest absolute Gasteiger partial charge is 0.416 e. The lowest BCUT2D eigenvalue weighted by atomic mass is 10.1. The fourth-order valence-corrected chi connectivity index (χ4v) is 4.21. The number of alkyl halides is 3. The van der Waals surface area contributed by atoms with E-state index in [4.69, 9.17) is 0 Å². The first-order chi connectivity index (χ1) is 13.6. The van der Waals surface area contributed by atoms with Gasteiger partial charge in [0.15, 0.2) is 5.13 Å². The van der Waals surface area contributed by atoms with Crippen LogP contribution in [0.4, 0.5) is 18.3 Å². The highest BCUT2D eigenvalue weighted by molar-refractivity contribution is 7.22. The molecule has 1 aromatic heterocycles. The van der Waals surface area contributed by atoms with Crippen LogP contribution in [0.5, 0.6) is 0 Å². The quantitative estimate of drug-likeness (QED) is 0.572. The van der Waals surface area contributed by atoms with E-state index in [-0.39, 0.29) is 5.56 Å². The summed E-state index contributed by atoms with van der Waals surface area (Å²) in [6, 6.07) is 8.54. The number of hydrogen-bond donors (Lipinski definition) is 0. The van der Waals surface area contributed by atoms with Gasteiger partial charge in [-0.15, -0.1) is 0 Å². The number of rotatable bonds is 5. The van der Waals surface area contributed by atoms with E-state index in [9.17, 15) is 18.0 Å². The summed E-state index contributed by atoms with van der Waals surface area (Å²) in [6.45, 7) is 4.82. The van der Waals surface area contributed by atoms with E-state index in [0.717, 1.165) is 33.5 Å². The highest BCUT2D eigenvalue weighted by Gasteiger charge is 2.31. The van der Waals surface area contributed by atoms with Crippen molar-refractivity contribution >= 4 is 32.6 Å². The Hall–Kier alpha value is -2.45. The van der Waals surface area contributed by atoms with Crippen molar-refractivity contribution in [3.05, 3.63) is 58.7 Å². The molecule has 3 rings (SSSR count). The van der Waals surface area contributed by atoms with E-state index in [1.807, 2.05) is 45.0 Å². The van der Waals surface area contributed by atoms with Gasteiger partial charge in [0.05, 0.1) is 15.8 Å². The molecule has 0 aliphatic rings. The lowest BCUT2D eigenvalue weighted by molar-refractivity contribution is -0.137. The molecule has 4 nitrogen and oxygen atoms in total. The van der Waals surface area contributed by atoms with Gasteiger partial charge in [-0.2, -0.15) is 13.2 Å². The van der Waals surface area contributed by atoms with Crippen molar-refractivity contribution in [1.29, 1.82) is 0 Å². The Morgan fingerprint density at radius 2 is 1.83 bits per heavy atom. The second-order valence-electron chi connectivity index (χ2n) is 7.26. The normalized spacial score (nSPS) is 12.0. The number of benzene rings is 2. The molecule has 0 N–H and O–H groups in total. The molecule has 1 heterocycles. The molecule has 0 aliphatic carbocycles. The van der Waals surface area contributed by atoms with Gasteiger partial charge in [-0.25, -0.2) is 4.98 Å². The number of nitrogens with zero attached hydrogens (tertiary/aromatic N) is 3. The van der Waals surface area contributed by atoms with E-state index in [2.05, 4.69) is 4.98 Å². The topological polar surface area (TPSA) is 36.4 Å². The first-order valence-electron chi connectivity index (χ1n) is 9.08. The molecule has 2 aromatic carbocycles. The third-order valence-electron chi connectivity index (χ3n) is 4.50. The summed E-state index contributed by atoms with van der Waals surface area (Å²) in [5, 5.41) is 0.484. The monoisotopic (exact) mass is 421 g/mol. The summed E-state index contributed by atoms with van der Waals surface area (Å²) in [5.41, 5.74) is 2.05. The molecule has 0 saturated carbocycles. The summed E-state index contributed by atoms with van der Waals surface area (Å²) in [5.74, 6) is -0.494. The lowest BCUT2D eigenvalue weighted by Gasteiger charge is -2.22. The lowest BCUT2D eigenvalue weighted by Crippen LogP contribution is -2.36. The Morgan fingerprint density at radius 3 is 2.48 bits per heavy atom. The standard InChI is InChI=1S/C21H22F3N3OS/c1-13-10-14(2)18-17(11-13)29-20(25-18)27(9-8-26(3)4)19(28)15-6-5-7-16(12-15)21(22,23)24/h5-7,10-12H,8-9H2,1-4H3. The Bertz CT molecular complexity index is 1040. The van der Waals surface area contributed by atoms with Gasteiger partial charge in [0, 0.05) is 18.7 Å². The highest BCUT2D eigenvalue weighted by Crippen LogP contribution is 2.33. The van der Waals surface area contributed by atoms with Crippen LogP contribution in [0.2, 0.25) is 0 Å². The van der Waals surface area contributed by atoms with Gasteiger partial charge in [0.25, 0.3) is 5.91 Å². The zero-order valence-electron chi connectivity index (χ0n) is 16.7. The van der Waals surface area contributed by atoms with Crippen molar-refractivity contribution in [3.63, 3.8) is 0 Å². The molecule has 0 bridgehead atoms. The minimum atomic E-state index is -4.50. The zero-order chi connectivity index (χ0) is 21.3. The molecular weight excluding hydrogens is 399 g/mol. The Morgan fingerprint density at radius 1 is 1.10 bits per heavy atom. The number of amides is 1. The summed E-state index contributed by atoms with van der Waals surface area (Å²) in [4.78, 5) is 21.2. The Balaban J connectivity index is 2.04. The van der Waals surface area contributed by atoms with Gasteiger partial charge in [0.2, 0.25) is 0 Å². The molecule has 0 radical (unpaired) electrons. The highest BCUT2D eigenvalue weighted by atomic mass is 32.1. The van der Waals surface area contributed by atoms with Crippen molar-refractivity contribution in [3.8, 4) is 0 Å². The van der Waals surface area contributed by atoms with E-state index in [1.54, 1.807) is 0 Å². The van der Waals surface area contributed by atoms with Crippen LogP contribution in [0.25, 0.3) is 10.2 Å². The number of aromatic nitrogens is 1. The van der Waals surface area contributed by atoms with E-state index >= 15 is 0 Å². The van der Waals surface area contributed by atoms with E-state index < -0.39 is 17.6 Å². The van der Waals surface area contributed by atoms with Crippen LogP contribution in [0.3, 0.4) is 0 Å². The average Bonchev–Trinajstić information content (AvgIpc) is 3.05. The van der Waals surface area contributed by atoms with Crippen molar-refractivity contribution in [1.82, 2.24) is 9.88 Å². The number of carbonyl (C=O) groups excluding carboxylic acids is 1. The molecule has 1 amide bonds. The molecular formula is C21H22F3N3OS. The number of carbonyl (C=O) groups is 1. The Labute approximate surface area is 171 Å². The van der Waals surface area contributed by atoms with Gasteiger partial charge in [-0.05, 0) is 63.3 Å². The maximum atomic E-state index is 13.2. The maximum Gasteiger partial charge on any atom is 0.416 e. The number of fused-ring (bicyclic) bond motifs is 1. The van der Waals surface area contributed by atoms with Crippen LogP contribution in [0.1, 0.15) is 27.0 Å². The molecule has 0 aliphatic heterocycles. The molecule has 0 unspecified atom stereocenters. The van der Waals surface area contributed by atoms with Gasteiger partial charge < -0.3 is 4.90 Å². The molecule has 8 heteroatoms. The van der Waals surface area contributed by atoms with Crippen LogP contribution in [-0.2, 0) is 6.18 Å². The van der Waals surface area contributed by atoms with Gasteiger partial charge in [-0.1, -0.05) is 23.5 Å². The van der Waals surface area contributed by atoms with Crippen molar-refractivity contribution in [2.75, 3.05) is 32.1 Å². The predicted molar refractivity (Wildman–Crippen MR) is 111 cm³/mol. The minimum absolute atomic E-state index is 0.00857. The van der Waals surface area contributed by atoms with Gasteiger partial charge in [-0.3, -0.25) is 9.69 Å². The predicted octanol–water partition coefficient (Wildman–Crippen LogP) is 5.14. The molecule has 0 spiro atoms. The Kier molecular flexibility index (Phi) is 5.95. The van der Waals surface area contributed by atoms with Crippen molar-refractivity contribution in [2.45, 2.75) is 20.0 Å². The molecule has 3 aromatic rings. The van der Waals surface area contributed by atoms with Gasteiger partial charge in [0.1, 0.15) is 0 Å². The van der Waals surface area contributed by atoms with E-state index in [0.29, 0.717) is 18.2 Å². The van der Waals surface area contributed by atoms with Gasteiger partial charge >= 0.3 is 6.18 Å². The van der Waals surface area contributed by atoms with Crippen molar-refractivity contribution in [2.24, 2.45) is 0 Å². The second-order valence-corrected chi connectivity index (χ2v) is 8.27. The van der Waals surface area contributed by atoms with Crippen LogP contribution in [0, 0.1) is 13.8 Å². The number of halogens is 3. The number of likely N-dealkylation sites (N-methyl/N-ethyl adjacent to an activating group) is 1. The minimum Gasteiger partial charge on any atom is -0.308 e. The SMILES string of the molecule is Cc1cc(C)c2nc(N(CCN(C)C)C(=O)c3cccc(C(F)(F)F)c3)sc2c1. The summed E-state index contributed by atoms with van der Waals surface area (Å²) >= 11 is 1.37. The fraction of sp³-hybridized carbons (Fsp3) is 0.333. The van der Waals surface area contributed by atoms with Crippen LogP contribution in [0.15, 0.2) is 36.4 Å². The van der Waals surface area contributed by atoms with E-state index in [1.165, 1.54) is 28.4 Å². The summed E-state index contributed by atoms with van der Waals surface area (Å²) < 4.78 is 40.2. The van der Waals surface area contributed by atoms with Crippen LogP contribution in [-0.4, -0.2) is 43.0 Å². The smallest absolute Gasteiger partial charge is 0.308 e. The average molecular weight is 421 g/mol. The number of anilines is 1. The fourth-order valence-electron chi connectivity index (χ4n) is 3.04.